The Hall–Kier alpha value is -1.10. The molecule has 0 aromatic rings. The predicted octanol–water partition coefficient (Wildman–Crippen LogP) is -0.761. The maximum atomic E-state index is 11.4. The number of rotatable bonds is 1. The molecule has 1 saturated heterocycles. The number of hydrogen-bond acceptors (Lipinski definition) is 4. The Balaban J connectivity index is 2.05. The molecule has 6 unspecified atom stereocenters. The van der Waals surface area contributed by atoms with Crippen LogP contribution in [0, 0.1) is 23.7 Å². The van der Waals surface area contributed by atoms with E-state index in [9.17, 15) is 14.7 Å². The van der Waals surface area contributed by atoms with Crippen molar-refractivity contribution in [2.75, 3.05) is 0 Å². The van der Waals surface area contributed by atoms with Crippen molar-refractivity contribution in [2.45, 2.75) is 18.6 Å². The number of carboxylic acid groups (broad SMARTS) is 1. The highest BCUT2D eigenvalue weighted by Gasteiger charge is 2.68. The summed E-state index contributed by atoms with van der Waals surface area (Å²) in [5, 5.41) is 18.7. The van der Waals surface area contributed by atoms with Crippen molar-refractivity contribution in [2.24, 2.45) is 23.7 Å². The number of fused-ring (bicyclic) bond motifs is 1. The molecule has 76 valence electrons. The maximum absolute atomic E-state index is 11.4. The second kappa shape index (κ2) is 2.28. The van der Waals surface area contributed by atoms with Crippen molar-refractivity contribution >= 4 is 11.9 Å². The van der Waals surface area contributed by atoms with Crippen molar-refractivity contribution in [1.82, 2.24) is 0 Å². The van der Waals surface area contributed by atoms with Gasteiger partial charge in [0.1, 0.15) is 6.10 Å². The molecule has 3 fully saturated rings. The minimum atomic E-state index is -0.987. The molecule has 2 saturated carbocycles. The second-order valence-corrected chi connectivity index (χ2v) is 4.33. The van der Waals surface area contributed by atoms with Gasteiger partial charge in [-0.2, -0.15) is 0 Å². The highest BCUT2D eigenvalue weighted by molar-refractivity contribution is 5.85. The van der Waals surface area contributed by atoms with E-state index in [0.29, 0.717) is 6.42 Å². The Labute approximate surface area is 79.7 Å². The molecule has 3 aliphatic rings. The molecule has 14 heavy (non-hydrogen) atoms. The standard InChI is InChI=1S/C9H10O5/c10-7-2-1-3-5(7)6(9(13)14-3)4(2)8(11)12/h2-7,10H,1H2,(H,11,12). The van der Waals surface area contributed by atoms with Gasteiger partial charge in [0.2, 0.25) is 0 Å². The number of aliphatic hydroxyl groups excluding tert-OH is 1. The first-order valence-corrected chi connectivity index (χ1v) is 4.72. The van der Waals surface area contributed by atoms with Crippen LogP contribution in [0.2, 0.25) is 0 Å². The van der Waals surface area contributed by atoms with Crippen LogP contribution in [0.25, 0.3) is 0 Å². The zero-order valence-corrected chi connectivity index (χ0v) is 7.29. The van der Waals surface area contributed by atoms with Crippen LogP contribution in [-0.2, 0) is 14.3 Å². The molecule has 1 aliphatic heterocycles. The van der Waals surface area contributed by atoms with Gasteiger partial charge >= 0.3 is 11.9 Å². The molecule has 0 radical (unpaired) electrons. The van der Waals surface area contributed by atoms with Gasteiger partial charge in [-0.1, -0.05) is 0 Å². The average molecular weight is 198 g/mol. The summed E-state index contributed by atoms with van der Waals surface area (Å²) in [4.78, 5) is 22.3. The van der Waals surface area contributed by atoms with Crippen molar-refractivity contribution in [3.63, 3.8) is 0 Å². The maximum Gasteiger partial charge on any atom is 0.310 e. The lowest BCUT2D eigenvalue weighted by atomic mass is 9.80. The molecule has 0 amide bonds. The number of carboxylic acids is 1. The molecule has 2 N–H and O–H groups in total. The van der Waals surface area contributed by atoms with Crippen molar-refractivity contribution in [1.29, 1.82) is 0 Å². The zero-order chi connectivity index (χ0) is 10.0. The predicted molar refractivity (Wildman–Crippen MR) is 42.1 cm³/mol. The van der Waals surface area contributed by atoms with E-state index in [0.717, 1.165) is 0 Å². The molecule has 6 atom stereocenters. The highest BCUT2D eigenvalue weighted by atomic mass is 16.6. The molecule has 0 spiro atoms. The summed E-state index contributed by atoms with van der Waals surface area (Å²) in [5.74, 6) is -3.33. The van der Waals surface area contributed by atoms with E-state index in [2.05, 4.69) is 0 Å². The Bertz CT molecular complexity index is 325. The van der Waals surface area contributed by atoms with Crippen LogP contribution >= 0.6 is 0 Å². The van der Waals surface area contributed by atoms with Gasteiger partial charge in [-0.15, -0.1) is 0 Å². The summed E-state index contributed by atoms with van der Waals surface area (Å²) >= 11 is 0. The molecule has 2 aliphatic carbocycles. The van der Waals surface area contributed by atoms with Crippen LogP contribution in [0.3, 0.4) is 0 Å². The lowest BCUT2D eigenvalue weighted by Gasteiger charge is -2.19. The number of carbonyl (C=O) groups is 2. The van der Waals surface area contributed by atoms with Gasteiger partial charge in [-0.05, 0) is 6.42 Å². The van der Waals surface area contributed by atoms with Gasteiger partial charge in [0, 0.05) is 11.8 Å². The smallest absolute Gasteiger partial charge is 0.310 e. The minimum absolute atomic E-state index is 0.233. The lowest BCUT2D eigenvalue weighted by Crippen LogP contribution is -2.31. The Kier molecular flexibility index (Phi) is 1.34. The highest BCUT2D eigenvalue weighted by Crippen LogP contribution is 2.57. The summed E-state index contributed by atoms with van der Waals surface area (Å²) < 4.78 is 5.03. The molecule has 0 aromatic carbocycles. The fourth-order valence-corrected chi connectivity index (χ4v) is 3.37. The van der Waals surface area contributed by atoms with Crippen molar-refractivity contribution < 1.29 is 24.5 Å². The zero-order valence-electron chi connectivity index (χ0n) is 7.29. The molecular formula is C9H10O5. The third-order valence-electron chi connectivity index (χ3n) is 3.85. The minimum Gasteiger partial charge on any atom is -0.481 e. The molecule has 2 bridgehead atoms. The number of esters is 1. The molecule has 1 heterocycles. The summed E-state index contributed by atoms with van der Waals surface area (Å²) in [6.45, 7) is 0. The summed E-state index contributed by atoms with van der Waals surface area (Å²) in [7, 11) is 0. The molecular weight excluding hydrogens is 188 g/mol. The van der Waals surface area contributed by atoms with Crippen molar-refractivity contribution in [3.8, 4) is 0 Å². The van der Waals surface area contributed by atoms with Gasteiger partial charge in [0.15, 0.2) is 0 Å². The van der Waals surface area contributed by atoms with Gasteiger partial charge in [-0.25, -0.2) is 0 Å². The number of aliphatic hydroxyl groups is 1. The summed E-state index contributed by atoms with van der Waals surface area (Å²) in [6.07, 6.45) is -0.397. The van der Waals surface area contributed by atoms with E-state index in [1.807, 2.05) is 0 Å². The van der Waals surface area contributed by atoms with E-state index < -0.39 is 29.9 Å². The first kappa shape index (κ1) is 8.23. The first-order chi connectivity index (χ1) is 6.61. The van der Waals surface area contributed by atoms with E-state index in [1.54, 1.807) is 0 Å². The molecule has 0 aromatic heterocycles. The van der Waals surface area contributed by atoms with Crippen LogP contribution in [-0.4, -0.2) is 34.4 Å². The van der Waals surface area contributed by atoms with Gasteiger partial charge in [0.25, 0.3) is 0 Å². The van der Waals surface area contributed by atoms with E-state index >= 15 is 0 Å². The monoisotopic (exact) mass is 198 g/mol. The van der Waals surface area contributed by atoms with Crippen LogP contribution in [0.4, 0.5) is 0 Å². The lowest BCUT2D eigenvalue weighted by molar-refractivity contribution is -0.151. The van der Waals surface area contributed by atoms with E-state index in [-0.39, 0.29) is 17.9 Å². The van der Waals surface area contributed by atoms with Gasteiger partial charge in [-0.3, -0.25) is 9.59 Å². The number of carbonyl (C=O) groups excluding carboxylic acids is 1. The van der Waals surface area contributed by atoms with E-state index in [1.165, 1.54) is 0 Å². The fourth-order valence-electron chi connectivity index (χ4n) is 3.37. The van der Waals surface area contributed by atoms with Crippen LogP contribution < -0.4 is 0 Å². The van der Waals surface area contributed by atoms with E-state index in [4.69, 9.17) is 9.84 Å². The summed E-state index contributed by atoms with van der Waals surface area (Å²) in [6, 6.07) is 0. The quantitative estimate of drug-likeness (QED) is 0.541. The average Bonchev–Trinajstić information content (AvgIpc) is 2.62. The van der Waals surface area contributed by atoms with Crippen LogP contribution in [0.5, 0.6) is 0 Å². The topological polar surface area (TPSA) is 83.8 Å². The second-order valence-electron chi connectivity index (χ2n) is 4.33. The third-order valence-corrected chi connectivity index (χ3v) is 3.85. The first-order valence-electron chi connectivity index (χ1n) is 4.72. The van der Waals surface area contributed by atoms with Gasteiger partial charge in [0.05, 0.1) is 17.9 Å². The SMILES string of the molecule is O=C(O)C1C2CC3OC(=O)C1C3C2O. The largest absolute Gasteiger partial charge is 0.481 e. The normalized spacial score (nSPS) is 53.6. The van der Waals surface area contributed by atoms with Gasteiger partial charge < -0.3 is 14.9 Å². The van der Waals surface area contributed by atoms with Crippen LogP contribution in [0.15, 0.2) is 0 Å². The number of ether oxygens (including phenoxy) is 1. The molecule has 5 heteroatoms. The fraction of sp³-hybridized carbons (Fsp3) is 0.778. The van der Waals surface area contributed by atoms with Crippen LogP contribution in [0.1, 0.15) is 6.42 Å². The number of aliphatic carboxylic acids is 1. The molecule has 3 rings (SSSR count). The molecule has 5 nitrogen and oxygen atoms in total. The number of hydrogen-bond donors (Lipinski definition) is 2. The Morgan fingerprint density at radius 1 is 1.50 bits per heavy atom. The van der Waals surface area contributed by atoms with Crippen molar-refractivity contribution in [3.05, 3.63) is 0 Å². The summed E-state index contributed by atoms with van der Waals surface area (Å²) in [5.41, 5.74) is 0. The Morgan fingerprint density at radius 3 is 2.86 bits per heavy atom. The Morgan fingerprint density at radius 2 is 2.21 bits per heavy atom. The third kappa shape index (κ3) is 0.706.